The van der Waals surface area contributed by atoms with Crippen molar-refractivity contribution in [2.24, 2.45) is 5.92 Å². The third-order valence-corrected chi connectivity index (χ3v) is 3.50. The Morgan fingerprint density at radius 2 is 1.70 bits per heavy atom. The van der Waals surface area contributed by atoms with Crippen LogP contribution in [0.1, 0.15) is 36.2 Å². The number of ketones is 1. The summed E-state index contributed by atoms with van der Waals surface area (Å²) in [5.41, 5.74) is 1.68. The first-order chi connectivity index (χ1) is 9.47. The lowest BCUT2D eigenvalue weighted by Crippen LogP contribution is -2.34. The van der Waals surface area contributed by atoms with Gasteiger partial charge in [0.05, 0.1) is 6.42 Å². The van der Waals surface area contributed by atoms with E-state index in [9.17, 15) is 9.59 Å². The number of benzene rings is 1. The molecule has 0 bridgehead atoms. The quantitative estimate of drug-likeness (QED) is 0.742. The van der Waals surface area contributed by atoms with Crippen molar-refractivity contribution in [3.8, 4) is 0 Å². The highest BCUT2D eigenvalue weighted by Crippen LogP contribution is 2.15. The van der Waals surface area contributed by atoms with E-state index in [-0.39, 0.29) is 12.2 Å². The van der Waals surface area contributed by atoms with Gasteiger partial charge in [0.15, 0.2) is 5.78 Å². The van der Waals surface area contributed by atoms with E-state index in [1.807, 2.05) is 32.9 Å². The van der Waals surface area contributed by atoms with Crippen molar-refractivity contribution < 1.29 is 14.7 Å². The molecular formula is C16H23NO3. The maximum Gasteiger partial charge on any atom is 0.304 e. The van der Waals surface area contributed by atoms with Gasteiger partial charge in [-0.3, -0.25) is 9.59 Å². The molecule has 0 amide bonds. The van der Waals surface area contributed by atoms with Gasteiger partial charge in [0, 0.05) is 18.0 Å². The zero-order valence-electron chi connectivity index (χ0n) is 12.4. The highest BCUT2D eigenvalue weighted by Gasteiger charge is 2.24. The SMILES string of the molecule is CCN(CC)CC(CC(=O)O)C(=O)c1ccc(C)cc1. The molecule has 0 saturated carbocycles. The minimum Gasteiger partial charge on any atom is -0.481 e. The molecule has 0 saturated heterocycles. The van der Waals surface area contributed by atoms with Crippen LogP contribution in [0.5, 0.6) is 0 Å². The van der Waals surface area contributed by atoms with Gasteiger partial charge in [-0.2, -0.15) is 0 Å². The number of nitrogens with zero attached hydrogens (tertiary/aromatic N) is 1. The smallest absolute Gasteiger partial charge is 0.304 e. The maximum atomic E-state index is 12.5. The lowest BCUT2D eigenvalue weighted by Gasteiger charge is -2.23. The second kappa shape index (κ2) is 7.80. The van der Waals surface area contributed by atoms with Gasteiger partial charge >= 0.3 is 5.97 Å². The van der Waals surface area contributed by atoms with Crippen LogP contribution in [0.3, 0.4) is 0 Å². The fourth-order valence-corrected chi connectivity index (χ4v) is 2.20. The molecule has 0 aliphatic heterocycles. The van der Waals surface area contributed by atoms with Gasteiger partial charge in [-0.05, 0) is 20.0 Å². The Balaban J connectivity index is 2.88. The van der Waals surface area contributed by atoms with Crippen LogP contribution in [0.4, 0.5) is 0 Å². The number of rotatable bonds is 8. The minimum absolute atomic E-state index is 0.0840. The van der Waals surface area contributed by atoms with E-state index in [1.54, 1.807) is 12.1 Å². The summed E-state index contributed by atoms with van der Waals surface area (Å²) in [7, 11) is 0. The number of aliphatic carboxylic acids is 1. The van der Waals surface area contributed by atoms with E-state index < -0.39 is 11.9 Å². The summed E-state index contributed by atoms with van der Waals surface area (Å²) in [6.45, 7) is 8.10. The van der Waals surface area contributed by atoms with Crippen LogP contribution in [0.2, 0.25) is 0 Å². The second-order valence-electron chi connectivity index (χ2n) is 5.01. The average molecular weight is 277 g/mol. The molecule has 1 atom stereocenters. The summed E-state index contributed by atoms with van der Waals surface area (Å²) in [4.78, 5) is 25.5. The summed E-state index contributed by atoms with van der Waals surface area (Å²) in [5, 5.41) is 9.01. The molecule has 0 heterocycles. The molecule has 1 unspecified atom stereocenters. The summed E-state index contributed by atoms with van der Waals surface area (Å²) >= 11 is 0. The van der Waals surface area contributed by atoms with E-state index in [1.165, 1.54) is 0 Å². The molecule has 4 nitrogen and oxygen atoms in total. The lowest BCUT2D eigenvalue weighted by molar-refractivity contribution is -0.137. The molecule has 1 rings (SSSR count). The topological polar surface area (TPSA) is 57.6 Å². The van der Waals surface area contributed by atoms with Crippen LogP contribution in [0.25, 0.3) is 0 Å². The molecule has 1 aromatic carbocycles. The molecule has 0 radical (unpaired) electrons. The molecule has 20 heavy (non-hydrogen) atoms. The second-order valence-corrected chi connectivity index (χ2v) is 5.01. The summed E-state index contributed by atoms with van der Waals surface area (Å²) in [6.07, 6.45) is -0.122. The number of carbonyl (C=O) groups is 2. The predicted molar refractivity (Wildman–Crippen MR) is 79.0 cm³/mol. The van der Waals surface area contributed by atoms with E-state index in [0.717, 1.165) is 18.7 Å². The van der Waals surface area contributed by atoms with Gasteiger partial charge in [-0.15, -0.1) is 0 Å². The number of hydrogen-bond acceptors (Lipinski definition) is 3. The van der Waals surface area contributed by atoms with Crippen molar-refractivity contribution in [3.63, 3.8) is 0 Å². The molecular weight excluding hydrogens is 254 g/mol. The minimum atomic E-state index is -0.928. The number of carbonyl (C=O) groups excluding carboxylic acids is 1. The fourth-order valence-electron chi connectivity index (χ4n) is 2.20. The molecule has 1 N–H and O–H groups in total. The molecule has 0 aliphatic rings. The molecule has 0 fully saturated rings. The Bertz CT molecular complexity index is 449. The van der Waals surface area contributed by atoms with Crippen LogP contribution >= 0.6 is 0 Å². The molecule has 1 aromatic rings. The Labute approximate surface area is 120 Å². The number of aryl methyl sites for hydroxylation is 1. The highest BCUT2D eigenvalue weighted by molar-refractivity contribution is 5.99. The third-order valence-electron chi connectivity index (χ3n) is 3.50. The zero-order chi connectivity index (χ0) is 15.1. The molecule has 0 spiro atoms. The molecule has 110 valence electrons. The van der Waals surface area contributed by atoms with Crippen molar-refractivity contribution in [1.29, 1.82) is 0 Å². The first-order valence-corrected chi connectivity index (χ1v) is 7.02. The van der Waals surface area contributed by atoms with E-state index >= 15 is 0 Å². The van der Waals surface area contributed by atoms with Gasteiger partial charge in [-0.25, -0.2) is 0 Å². The van der Waals surface area contributed by atoms with Crippen LogP contribution < -0.4 is 0 Å². The maximum absolute atomic E-state index is 12.5. The first-order valence-electron chi connectivity index (χ1n) is 7.02. The van der Waals surface area contributed by atoms with E-state index in [4.69, 9.17) is 5.11 Å². The van der Waals surface area contributed by atoms with Gasteiger partial charge < -0.3 is 10.0 Å². The Morgan fingerprint density at radius 3 is 2.15 bits per heavy atom. The van der Waals surface area contributed by atoms with Crippen LogP contribution in [0.15, 0.2) is 24.3 Å². The Hall–Kier alpha value is -1.68. The summed E-state index contributed by atoms with van der Waals surface area (Å²) in [6, 6.07) is 7.30. The van der Waals surface area contributed by atoms with Gasteiger partial charge in [0.2, 0.25) is 0 Å². The van der Waals surface area contributed by atoms with Crippen molar-refractivity contribution in [2.45, 2.75) is 27.2 Å². The average Bonchev–Trinajstić information content (AvgIpc) is 2.43. The van der Waals surface area contributed by atoms with Crippen molar-refractivity contribution >= 4 is 11.8 Å². The van der Waals surface area contributed by atoms with E-state index in [2.05, 4.69) is 4.90 Å². The monoisotopic (exact) mass is 277 g/mol. The van der Waals surface area contributed by atoms with Crippen LogP contribution in [0, 0.1) is 12.8 Å². The van der Waals surface area contributed by atoms with Gasteiger partial charge in [-0.1, -0.05) is 43.7 Å². The zero-order valence-corrected chi connectivity index (χ0v) is 12.4. The number of carboxylic acid groups (broad SMARTS) is 1. The van der Waals surface area contributed by atoms with Crippen LogP contribution in [-0.4, -0.2) is 41.4 Å². The van der Waals surface area contributed by atoms with Gasteiger partial charge in [0.25, 0.3) is 0 Å². The fraction of sp³-hybridized carbons (Fsp3) is 0.500. The third kappa shape index (κ3) is 4.78. The molecule has 4 heteroatoms. The van der Waals surface area contributed by atoms with E-state index in [0.29, 0.717) is 12.1 Å². The highest BCUT2D eigenvalue weighted by atomic mass is 16.4. The molecule has 0 aromatic heterocycles. The lowest BCUT2D eigenvalue weighted by atomic mass is 9.93. The largest absolute Gasteiger partial charge is 0.481 e. The first kappa shape index (κ1) is 16.4. The Kier molecular flexibility index (Phi) is 6.39. The van der Waals surface area contributed by atoms with Crippen molar-refractivity contribution in [3.05, 3.63) is 35.4 Å². The van der Waals surface area contributed by atoms with Crippen molar-refractivity contribution in [1.82, 2.24) is 4.90 Å². The standard InChI is InChI=1S/C16H23NO3/c1-4-17(5-2)11-14(10-15(18)19)16(20)13-8-6-12(3)7-9-13/h6-9,14H,4-5,10-11H2,1-3H3,(H,18,19). The van der Waals surface area contributed by atoms with Crippen molar-refractivity contribution in [2.75, 3.05) is 19.6 Å². The number of hydrogen-bond donors (Lipinski definition) is 1. The predicted octanol–water partition coefficient (Wildman–Crippen LogP) is 2.61. The number of Topliss-reactive ketones (excluding diaryl/α,β-unsaturated/α-hetero) is 1. The van der Waals surface area contributed by atoms with Crippen LogP contribution in [-0.2, 0) is 4.79 Å². The molecule has 0 aliphatic carbocycles. The summed E-state index contributed by atoms with van der Waals surface area (Å²) in [5.74, 6) is -1.50. The normalized spacial score (nSPS) is 12.4. The summed E-state index contributed by atoms with van der Waals surface area (Å²) < 4.78 is 0. The van der Waals surface area contributed by atoms with Gasteiger partial charge in [0.1, 0.15) is 0 Å². The Morgan fingerprint density at radius 1 is 1.15 bits per heavy atom. The number of carboxylic acids is 1.